The van der Waals surface area contributed by atoms with E-state index in [0.717, 1.165) is 21.5 Å². The van der Waals surface area contributed by atoms with Crippen LogP contribution in [-0.4, -0.2) is 60.2 Å². The lowest BCUT2D eigenvalue weighted by molar-refractivity contribution is -0.172. The van der Waals surface area contributed by atoms with Crippen molar-refractivity contribution < 1.29 is 23.9 Å². The van der Waals surface area contributed by atoms with E-state index in [1.807, 2.05) is 63.2 Å². The van der Waals surface area contributed by atoms with Gasteiger partial charge in [-0.15, -0.1) is 0 Å². The van der Waals surface area contributed by atoms with E-state index in [0.29, 0.717) is 17.0 Å². The summed E-state index contributed by atoms with van der Waals surface area (Å²) in [5.74, 6) is -0.716. The number of imidazole rings is 1. The highest BCUT2D eigenvalue weighted by Gasteiger charge is 2.47. The number of carbonyl (C=O) groups is 1. The maximum atomic E-state index is 13.0. The van der Waals surface area contributed by atoms with Crippen LogP contribution in [0, 0.1) is 12.8 Å². The molecule has 0 aliphatic heterocycles. The number of hydrogen-bond donors (Lipinski definition) is 1. The number of ether oxygens (including phenoxy) is 2. The smallest absolute Gasteiger partial charge is 0.332 e. The van der Waals surface area contributed by atoms with Crippen LogP contribution in [0.5, 0.6) is 0 Å². The largest absolute Gasteiger partial charge is 0.457 e. The molecule has 0 amide bonds. The summed E-state index contributed by atoms with van der Waals surface area (Å²) in [4.78, 5) is 21.4. The number of nitrogens with zero attached hydrogens (tertiary/aromatic N) is 2. The first kappa shape index (κ1) is 18.5. The Kier molecular flexibility index (Phi) is 5.95. The quantitative estimate of drug-likeness (QED) is 0.357. The number of esters is 1. The van der Waals surface area contributed by atoms with Crippen molar-refractivity contribution >= 4 is 17.0 Å². The molecule has 1 aromatic heterocycles. The molecule has 0 fully saturated rings. The van der Waals surface area contributed by atoms with Gasteiger partial charge in [-0.05, 0) is 68.8 Å². The predicted octanol–water partition coefficient (Wildman–Crippen LogP) is 5.44. The monoisotopic (exact) mass is 498 g/mol. The molecular weight excluding hydrogens is 450 g/mol. The lowest BCUT2D eigenvalue weighted by atomic mass is 9.65. The maximum Gasteiger partial charge on any atom is 0.332 e. The minimum absolute atomic E-state index is 0.0966. The predicted molar refractivity (Wildman–Crippen MR) is 144 cm³/mol. The third-order valence-corrected chi connectivity index (χ3v) is 6.80. The van der Waals surface area contributed by atoms with Crippen molar-refractivity contribution in [1.29, 1.82) is 0 Å². The van der Waals surface area contributed by atoms with Crippen LogP contribution >= 0.6 is 0 Å². The van der Waals surface area contributed by atoms with Crippen molar-refractivity contribution in [3.05, 3.63) is 65.0 Å². The number of hydrogen-bond acceptors (Lipinski definition) is 5. The summed E-state index contributed by atoms with van der Waals surface area (Å²) in [6, 6.07) is 13.0. The highest BCUT2D eigenvalue weighted by molar-refractivity contribution is 5.74. The molecule has 0 radical (unpaired) electrons. The second-order valence-corrected chi connectivity index (χ2v) is 9.90. The van der Waals surface area contributed by atoms with Crippen molar-refractivity contribution in [2.45, 2.75) is 64.3 Å². The second-order valence-electron chi connectivity index (χ2n) is 9.90. The maximum absolute atomic E-state index is 13.0. The summed E-state index contributed by atoms with van der Waals surface area (Å²) >= 11 is 0. The topological polar surface area (TPSA) is 67.5 Å². The zero-order valence-electron chi connectivity index (χ0n) is 28.6. The van der Waals surface area contributed by atoms with E-state index in [1.54, 1.807) is 0 Å². The molecule has 0 unspecified atom stereocenters. The number of aromatic nitrogens is 2. The zero-order chi connectivity index (χ0) is 31.8. The molecule has 1 aliphatic carbocycles. The minimum atomic E-state index is -2.81. The average molecular weight is 499 g/mol. The van der Waals surface area contributed by atoms with Gasteiger partial charge < -0.3 is 19.4 Å². The Morgan fingerprint density at radius 3 is 2.94 bits per heavy atom. The van der Waals surface area contributed by atoms with Gasteiger partial charge in [0, 0.05) is 42.0 Å². The summed E-state index contributed by atoms with van der Waals surface area (Å²) in [7, 11) is 1.36. The van der Waals surface area contributed by atoms with E-state index in [4.69, 9.17) is 19.1 Å². The van der Waals surface area contributed by atoms with Crippen LogP contribution in [0.2, 0.25) is 0 Å². The molecule has 1 N–H and O–H groups in total. The molecule has 1 heterocycles. The first-order chi connectivity index (χ1) is 20.0. The third-order valence-electron chi connectivity index (χ3n) is 6.80. The second kappa shape index (κ2) is 11.6. The molecule has 36 heavy (non-hydrogen) atoms. The number of para-hydroxylation sites is 2. The Morgan fingerprint density at radius 1 is 1.36 bits per heavy atom. The van der Waals surface area contributed by atoms with E-state index in [1.165, 1.54) is 7.11 Å². The Bertz CT molecular complexity index is 1410. The zero-order valence-corrected chi connectivity index (χ0v) is 21.6. The van der Waals surface area contributed by atoms with Crippen molar-refractivity contribution in [2.24, 2.45) is 5.92 Å². The molecule has 2 atom stereocenters. The van der Waals surface area contributed by atoms with Crippen LogP contribution < -0.4 is 0 Å². The van der Waals surface area contributed by atoms with Crippen molar-refractivity contribution in [1.82, 2.24) is 14.9 Å². The summed E-state index contributed by atoms with van der Waals surface area (Å²) in [5.41, 5.74) is 2.24. The highest BCUT2D eigenvalue weighted by atomic mass is 16.6. The number of fused-ring (bicyclic) bond motifs is 2. The first-order valence-electron chi connectivity index (χ1n) is 16.0. The number of benzene rings is 2. The van der Waals surface area contributed by atoms with E-state index in [2.05, 4.69) is 9.97 Å². The highest BCUT2D eigenvalue weighted by Crippen LogP contribution is 2.48. The Morgan fingerprint density at radius 2 is 2.19 bits per heavy atom. The lowest BCUT2D eigenvalue weighted by Crippen LogP contribution is -2.49. The van der Waals surface area contributed by atoms with Gasteiger partial charge in [0.15, 0.2) is 0 Å². The number of rotatable bonds is 11. The number of aryl methyl sites for hydroxylation is 3. The summed E-state index contributed by atoms with van der Waals surface area (Å²) < 4.78 is 71.6. The number of H-pyrrole nitrogens is 1. The molecule has 6 nitrogen and oxygen atoms in total. The molecule has 0 spiro atoms. The van der Waals surface area contributed by atoms with Gasteiger partial charge in [0.25, 0.3) is 0 Å². The Balaban J connectivity index is 1.68. The van der Waals surface area contributed by atoms with Crippen molar-refractivity contribution in [3.8, 4) is 0 Å². The van der Waals surface area contributed by atoms with Gasteiger partial charge in [0.1, 0.15) is 18.0 Å². The molecule has 0 saturated heterocycles. The molecule has 0 saturated carbocycles. The Labute approximate surface area is 225 Å². The number of aromatic amines is 1. The van der Waals surface area contributed by atoms with E-state index < -0.39 is 37.3 Å². The first-order valence-corrected chi connectivity index (χ1v) is 12.5. The standard InChI is InChI=1S/C30H41N3O3/c1-21(2)29-24-13-12-22(3)19-23(24)14-15-30(29,36-28(34)20-35-5)16-18-33(4)17-8-11-27-31-25-9-6-7-10-26(25)32-27/h6-7,9-10,12-13,19,21,29H,8,11,14-18,20H2,1-5H3,(H,31,32)/t29-,30-/m0/s1/i4D3,14D2,17D2. The van der Waals surface area contributed by atoms with Gasteiger partial charge >= 0.3 is 5.97 Å². The number of methoxy groups -OCH3 is 1. The molecule has 0 bridgehead atoms. The van der Waals surface area contributed by atoms with Gasteiger partial charge in [-0.1, -0.05) is 49.7 Å². The van der Waals surface area contributed by atoms with Crippen LogP contribution in [-0.2, 0) is 27.1 Å². The molecule has 194 valence electrons. The van der Waals surface area contributed by atoms with Crippen LogP contribution in [0.4, 0.5) is 0 Å². The number of carbonyl (C=O) groups excluding carboxylic acids is 1. The Hall–Kier alpha value is -2.70. The SMILES string of the molecule is [2H]C1([2H])C[C@@](CCN(C([2H])([2H])[2H])C([2H])([2H])CCc2nc3ccccc3[nH]2)(OC(=O)COC)[C@@H](C(C)C)c2ccc(C)cc21. The van der Waals surface area contributed by atoms with Gasteiger partial charge in [-0.25, -0.2) is 9.78 Å². The van der Waals surface area contributed by atoms with Crippen LogP contribution in [0.1, 0.15) is 71.1 Å². The fraction of sp³-hybridized carbons (Fsp3) is 0.533. The van der Waals surface area contributed by atoms with E-state index in [-0.39, 0.29) is 44.8 Å². The summed E-state index contributed by atoms with van der Waals surface area (Å²) in [6.45, 7) is 0.0679. The van der Waals surface area contributed by atoms with Gasteiger partial charge in [-0.3, -0.25) is 0 Å². The van der Waals surface area contributed by atoms with Gasteiger partial charge in [0.2, 0.25) is 0 Å². The molecule has 4 rings (SSSR count). The lowest BCUT2D eigenvalue weighted by Gasteiger charge is -2.47. The van der Waals surface area contributed by atoms with Crippen LogP contribution in [0.3, 0.4) is 0 Å². The normalized spacial score (nSPS) is 24.7. The molecule has 3 aromatic rings. The van der Waals surface area contributed by atoms with Crippen molar-refractivity contribution in [2.75, 3.05) is 33.7 Å². The minimum Gasteiger partial charge on any atom is -0.457 e. The summed E-state index contributed by atoms with van der Waals surface area (Å²) in [5, 5.41) is 0. The molecular formula is C30H41N3O3. The van der Waals surface area contributed by atoms with E-state index in [9.17, 15) is 4.79 Å². The summed E-state index contributed by atoms with van der Waals surface area (Å²) in [6.07, 6.45) is -2.16. The molecule has 2 aromatic carbocycles. The van der Waals surface area contributed by atoms with Gasteiger partial charge in [-0.2, -0.15) is 0 Å². The van der Waals surface area contributed by atoms with E-state index >= 15 is 0 Å². The van der Waals surface area contributed by atoms with Crippen LogP contribution in [0.25, 0.3) is 11.0 Å². The third kappa shape index (κ3) is 5.98. The number of nitrogens with one attached hydrogen (secondary N) is 1. The molecule has 1 aliphatic rings. The fourth-order valence-corrected chi connectivity index (χ4v) is 5.28. The average Bonchev–Trinajstić information content (AvgIpc) is 3.30. The van der Waals surface area contributed by atoms with Gasteiger partial charge in [0.05, 0.1) is 11.0 Å². The molecule has 6 heteroatoms. The van der Waals surface area contributed by atoms with Crippen molar-refractivity contribution in [3.63, 3.8) is 0 Å². The van der Waals surface area contributed by atoms with Crippen LogP contribution in [0.15, 0.2) is 42.5 Å². The fourth-order valence-electron chi connectivity index (χ4n) is 5.28.